The Morgan fingerprint density at radius 2 is 1.60 bits per heavy atom. The van der Waals surface area contributed by atoms with E-state index in [1.54, 1.807) is 0 Å². The summed E-state index contributed by atoms with van der Waals surface area (Å²) in [5.74, 6) is 1.58. The summed E-state index contributed by atoms with van der Waals surface area (Å²) in [5, 5.41) is 3.99. The Hall–Kier alpha value is -0.120. The van der Waals surface area contributed by atoms with E-state index in [9.17, 15) is 0 Å². The van der Waals surface area contributed by atoms with E-state index in [1.807, 2.05) is 14.2 Å². The molecule has 1 N–H and O–H groups in total. The maximum atomic E-state index is 5.87. The zero-order chi connectivity index (χ0) is 13.9. The first-order chi connectivity index (χ1) is 9.81. The highest BCUT2D eigenvalue weighted by atomic mass is 16.5. The molecule has 0 radical (unpaired) electrons. The van der Waals surface area contributed by atoms with Gasteiger partial charge in [0.2, 0.25) is 0 Å². The third-order valence-corrected chi connectivity index (χ3v) is 6.10. The number of hydrogen-bond donors (Lipinski definition) is 1. The molecule has 3 nitrogen and oxygen atoms in total. The van der Waals surface area contributed by atoms with Crippen LogP contribution in [0.1, 0.15) is 57.8 Å². The summed E-state index contributed by atoms with van der Waals surface area (Å²) >= 11 is 0. The van der Waals surface area contributed by atoms with Gasteiger partial charge in [-0.1, -0.05) is 19.3 Å². The Balaban J connectivity index is 1.66. The number of piperidine rings is 1. The van der Waals surface area contributed by atoms with Gasteiger partial charge in [-0.3, -0.25) is 0 Å². The minimum atomic E-state index is 0.450. The van der Waals surface area contributed by atoms with Crippen molar-refractivity contribution in [1.29, 1.82) is 0 Å². The average Bonchev–Trinajstić information content (AvgIpc) is 2.54. The predicted molar refractivity (Wildman–Crippen MR) is 80.8 cm³/mol. The van der Waals surface area contributed by atoms with Gasteiger partial charge in [-0.25, -0.2) is 0 Å². The van der Waals surface area contributed by atoms with E-state index in [-0.39, 0.29) is 0 Å². The number of ether oxygens (including phenoxy) is 2. The molecule has 2 saturated carbocycles. The summed E-state index contributed by atoms with van der Waals surface area (Å²) in [6, 6.07) is 1.29. The molecule has 1 saturated heterocycles. The molecule has 0 amide bonds. The number of methoxy groups -OCH3 is 2. The Labute approximate surface area is 123 Å². The van der Waals surface area contributed by atoms with E-state index < -0.39 is 0 Å². The highest BCUT2D eigenvalue weighted by molar-refractivity contribution is 4.99. The lowest BCUT2D eigenvalue weighted by Gasteiger charge is -2.48. The Bertz CT molecular complexity index is 303. The van der Waals surface area contributed by atoms with E-state index in [2.05, 4.69) is 5.32 Å². The van der Waals surface area contributed by atoms with Crippen molar-refractivity contribution in [3.05, 3.63) is 0 Å². The maximum Gasteiger partial charge on any atom is 0.0629 e. The fourth-order valence-electron chi connectivity index (χ4n) is 4.91. The van der Waals surface area contributed by atoms with Crippen LogP contribution in [0.4, 0.5) is 0 Å². The van der Waals surface area contributed by atoms with Gasteiger partial charge in [0.05, 0.1) is 12.2 Å². The van der Waals surface area contributed by atoms with E-state index in [1.165, 1.54) is 57.8 Å². The van der Waals surface area contributed by atoms with E-state index in [4.69, 9.17) is 9.47 Å². The lowest BCUT2D eigenvalue weighted by atomic mass is 9.71. The smallest absolute Gasteiger partial charge is 0.0629 e. The standard InChI is InChI=1S/C17H31NO2/c1-19-13-8-9-14-16(10-13)18-15(11-17(14)20-2)12-6-4-3-5-7-12/h12-18H,3-11H2,1-2H3. The number of hydrogen-bond acceptors (Lipinski definition) is 3. The van der Waals surface area contributed by atoms with Crippen LogP contribution >= 0.6 is 0 Å². The van der Waals surface area contributed by atoms with Crippen molar-refractivity contribution in [3.63, 3.8) is 0 Å². The van der Waals surface area contributed by atoms with Crippen LogP contribution in [0.2, 0.25) is 0 Å². The van der Waals surface area contributed by atoms with Crippen molar-refractivity contribution in [2.45, 2.75) is 82.1 Å². The summed E-state index contributed by atoms with van der Waals surface area (Å²) in [7, 11) is 3.77. The van der Waals surface area contributed by atoms with Crippen molar-refractivity contribution in [2.75, 3.05) is 14.2 Å². The van der Waals surface area contributed by atoms with Crippen LogP contribution in [-0.2, 0) is 9.47 Å². The molecule has 1 heterocycles. The number of fused-ring (bicyclic) bond motifs is 1. The first kappa shape index (κ1) is 14.8. The first-order valence-corrected chi connectivity index (χ1v) is 8.63. The Morgan fingerprint density at radius 3 is 2.30 bits per heavy atom. The largest absolute Gasteiger partial charge is 0.381 e. The molecule has 3 fully saturated rings. The lowest BCUT2D eigenvalue weighted by Crippen LogP contribution is -2.59. The summed E-state index contributed by atoms with van der Waals surface area (Å²) in [4.78, 5) is 0. The minimum Gasteiger partial charge on any atom is -0.381 e. The van der Waals surface area contributed by atoms with Crippen LogP contribution in [0.5, 0.6) is 0 Å². The molecule has 0 aromatic carbocycles. The van der Waals surface area contributed by atoms with Crippen molar-refractivity contribution in [2.24, 2.45) is 11.8 Å². The second-order valence-electron chi connectivity index (χ2n) is 7.12. The molecule has 3 aliphatic rings. The van der Waals surface area contributed by atoms with Crippen LogP contribution in [-0.4, -0.2) is 38.5 Å². The van der Waals surface area contributed by atoms with Crippen LogP contribution in [0.25, 0.3) is 0 Å². The van der Waals surface area contributed by atoms with E-state index >= 15 is 0 Å². The molecule has 0 bridgehead atoms. The van der Waals surface area contributed by atoms with E-state index in [0.717, 1.165) is 5.92 Å². The van der Waals surface area contributed by atoms with Crippen LogP contribution in [0.15, 0.2) is 0 Å². The van der Waals surface area contributed by atoms with Gasteiger partial charge in [0, 0.05) is 32.2 Å². The molecule has 5 atom stereocenters. The Morgan fingerprint density at radius 1 is 0.800 bits per heavy atom. The topological polar surface area (TPSA) is 30.5 Å². The maximum absolute atomic E-state index is 5.87. The van der Waals surface area contributed by atoms with Crippen molar-refractivity contribution in [3.8, 4) is 0 Å². The summed E-state index contributed by atoms with van der Waals surface area (Å²) in [6.45, 7) is 0. The monoisotopic (exact) mass is 281 g/mol. The molecule has 116 valence electrons. The van der Waals surface area contributed by atoms with Crippen molar-refractivity contribution < 1.29 is 9.47 Å². The highest BCUT2D eigenvalue weighted by Gasteiger charge is 2.43. The van der Waals surface area contributed by atoms with Gasteiger partial charge in [0.1, 0.15) is 0 Å². The van der Waals surface area contributed by atoms with Gasteiger partial charge in [-0.05, 0) is 44.4 Å². The summed E-state index contributed by atoms with van der Waals surface area (Å²) < 4.78 is 11.5. The van der Waals surface area contributed by atoms with Gasteiger partial charge in [-0.15, -0.1) is 0 Å². The van der Waals surface area contributed by atoms with Gasteiger partial charge in [-0.2, -0.15) is 0 Å². The van der Waals surface area contributed by atoms with Crippen LogP contribution < -0.4 is 5.32 Å². The SMILES string of the molecule is COC1CCC2C(C1)NC(C1CCCCC1)CC2OC. The summed E-state index contributed by atoms with van der Waals surface area (Å²) in [5.41, 5.74) is 0. The number of nitrogens with one attached hydrogen (secondary N) is 1. The van der Waals surface area contributed by atoms with Crippen molar-refractivity contribution >= 4 is 0 Å². The molecule has 0 aromatic heterocycles. The zero-order valence-corrected chi connectivity index (χ0v) is 13.1. The predicted octanol–water partition coefficient (Wildman–Crippen LogP) is 3.13. The third-order valence-electron chi connectivity index (χ3n) is 6.10. The molecule has 5 unspecified atom stereocenters. The minimum absolute atomic E-state index is 0.450. The van der Waals surface area contributed by atoms with Gasteiger partial charge < -0.3 is 14.8 Å². The zero-order valence-electron chi connectivity index (χ0n) is 13.1. The molecular formula is C17H31NO2. The molecule has 20 heavy (non-hydrogen) atoms. The molecule has 3 heteroatoms. The molecular weight excluding hydrogens is 250 g/mol. The second kappa shape index (κ2) is 6.76. The van der Waals surface area contributed by atoms with Gasteiger partial charge in [0.25, 0.3) is 0 Å². The second-order valence-corrected chi connectivity index (χ2v) is 7.12. The van der Waals surface area contributed by atoms with Crippen molar-refractivity contribution in [1.82, 2.24) is 5.32 Å². The van der Waals surface area contributed by atoms with Gasteiger partial charge >= 0.3 is 0 Å². The quantitative estimate of drug-likeness (QED) is 0.862. The average molecular weight is 281 g/mol. The molecule has 0 aromatic rings. The fourth-order valence-corrected chi connectivity index (χ4v) is 4.91. The summed E-state index contributed by atoms with van der Waals surface area (Å²) in [6.07, 6.45) is 12.9. The highest BCUT2D eigenvalue weighted by Crippen LogP contribution is 2.39. The molecule has 2 aliphatic carbocycles. The fraction of sp³-hybridized carbons (Fsp3) is 1.00. The lowest BCUT2D eigenvalue weighted by molar-refractivity contribution is -0.0572. The van der Waals surface area contributed by atoms with E-state index in [0.29, 0.717) is 30.2 Å². The van der Waals surface area contributed by atoms with Gasteiger partial charge in [0.15, 0.2) is 0 Å². The first-order valence-electron chi connectivity index (χ1n) is 8.63. The molecule has 3 rings (SSSR count). The van der Waals surface area contributed by atoms with Crippen LogP contribution in [0, 0.1) is 11.8 Å². The number of rotatable bonds is 3. The molecule has 0 spiro atoms. The Kier molecular flexibility index (Phi) is 5.00. The normalized spacial score (nSPS) is 43.2. The van der Waals surface area contributed by atoms with Crippen LogP contribution in [0.3, 0.4) is 0 Å². The molecule has 1 aliphatic heterocycles. The third kappa shape index (κ3) is 3.05.